The van der Waals surface area contributed by atoms with Crippen molar-refractivity contribution in [1.29, 1.82) is 0 Å². The maximum atomic E-state index is 5.05. The van der Waals surface area contributed by atoms with Crippen molar-refractivity contribution >= 4 is 0 Å². The molecule has 0 N–H and O–H groups in total. The molecule has 0 aliphatic heterocycles. The highest BCUT2D eigenvalue weighted by Crippen LogP contribution is 2.26. The van der Waals surface area contributed by atoms with E-state index in [4.69, 9.17) is 9.15 Å². The summed E-state index contributed by atoms with van der Waals surface area (Å²) in [7, 11) is 1.62. The molecule has 0 aliphatic carbocycles. The third-order valence-corrected chi connectivity index (χ3v) is 1.47. The highest BCUT2D eigenvalue weighted by Gasteiger charge is 2.08. The van der Waals surface area contributed by atoms with Gasteiger partial charge in [0.05, 0.1) is 13.4 Å². The minimum absolute atomic E-state index is 0.466. The van der Waals surface area contributed by atoms with Gasteiger partial charge in [-0.1, -0.05) is 13.8 Å². The molecule has 0 saturated carbocycles. The summed E-state index contributed by atoms with van der Waals surface area (Å²) in [5.74, 6) is 1.10. The van der Waals surface area contributed by atoms with Gasteiger partial charge in [-0.05, 0) is 12.0 Å². The van der Waals surface area contributed by atoms with E-state index in [9.17, 15) is 0 Å². The van der Waals surface area contributed by atoms with E-state index >= 15 is 0 Å². The number of hydrogen-bond acceptors (Lipinski definition) is 2. The molecule has 1 aromatic rings. The fourth-order valence-corrected chi connectivity index (χ4v) is 0.899. The number of rotatable bonds is 2. The van der Waals surface area contributed by atoms with Gasteiger partial charge >= 0.3 is 0 Å². The molecule has 0 spiro atoms. The van der Waals surface area contributed by atoms with E-state index in [1.165, 1.54) is 0 Å². The van der Waals surface area contributed by atoms with Crippen LogP contribution in [0.5, 0.6) is 5.95 Å². The topological polar surface area (TPSA) is 22.4 Å². The molecule has 0 unspecified atom stereocenters. The predicted octanol–water partition coefficient (Wildman–Crippen LogP) is 2.41. The number of furan rings is 1. The Morgan fingerprint density at radius 2 is 2.20 bits per heavy atom. The molecule has 0 aliphatic rings. The highest BCUT2D eigenvalue weighted by atomic mass is 16.6. The quantitative estimate of drug-likeness (QED) is 0.629. The molecule has 2 nitrogen and oxygen atoms in total. The van der Waals surface area contributed by atoms with Crippen LogP contribution in [-0.2, 0) is 0 Å². The molecule has 0 amide bonds. The molecule has 1 aromatic heterocycles. The average molecular weight is 140 g/mol. The van der Waals surface area contributed by atoms with Gasteiger partial charge in [-0.2, -0.15) is 0 Å². The van der Waals surface area contributed by atoms with Gasteiger partial charge < -0.3 is 9.15 Å². The van der Waals surface area contributed by atoms with E-state index in [0.29, 0.717) is 11.9 Å². The summed E-state index contributed by atoms with van der Waals surface area (Å²) < 4.78 is 10.0. The second kappa shape index (κ2) is 2.78. The van der Waals surface area contributed by atoms with Gasteiger partial charge in [0.2, 0.25) is 0 Å². The SMILES string of the molecule is COc1occc1C(C)C. The Labute approximate surface area is 60.8 Å². The maximum Gasteiger partial charge on any atom is 0.287 e. The van der Waals surface area contributed by atoms with Crippen LogP contribution in [-0.4, -0.2) is 7.11 Å². The Balaban J connectivity index is 2.90. The standard InChI is InChI=1S/C8H12O2/c1-6(2)7-4-5-10-8(7)9-3/h4-6H,1-3H3. The number of methoxy groups -OCH3 is 1. The molecule has 0 radical (unpaired) electrons. The zero-order chi connectivity index (χ0) is 7.56. The summed E-state index contributed by atoms with van der Waals surface area (Å²) in [6.07, 6.45) is 1.65. The Morgan fingerprint density at radius 3 is 2.60 bits per heavy atom. The second-order valence-corrected chi connectivity index (χ2v) is 2.52. The fourth-order valence-electron chi connectivity index (χ4n) is 0.899. The first-order valence-electron chi connectivity index (χ1n) is 3.37. The van der Waals surface area contributed by atoms with Crippen molar-refractivity contribution in [2.75, 3.05) is 7.11 Å². The lowest BCUT2D eigenvalue weighted by Gasteiger charge is -2.02. The van der Waals surface area contributed by atoms with E-state index in [1.54, 1.807) is 13.4 Å². The summed E-state index contributed by atoms with van der Waals surface area (Å²) in [6, 6.07) is 1.93. The normalized spacial score (nSPS) is 10.4. The van der Waals surface area contributed by atoms with Gasteiger partial charge in [0, 0.05) is 5.56 Å². The first-order valence-corrected chi connectivity index (χ1v) is 3.37. The van der Waals surface area contributed by atoms with E-state index in [1.807, 2.05) is 6.07 Å². The molecular formula is C8H12O2. The van der Waals surface area contributed by atoms with Crippen molar-refractivity contribution in [2.24, 2.45) is 0 Å². The van der Waals surface area contributed by atoms with Crippen LogP contribution in [0.2, 0.25) is 0 Å². The molecule has 1 heterocycles. The molecule has 0 saturated heterocycles. The summed E-state index contributed by atoms with van der Waals surface area (Å²) >= 11 is 0. The highest BCUT2D eigenvalue weighted by molar-refractivity contribution is 5.25. The number of hydrogen-bond donors (Lipinski definition) is 0. The molecule has 1 rings (SSSR count). The van der Waals surface area contributed by atoms with Gasteiger partial charge in [0.1, 0.15) is 0 Å². The predicted molar refractivity (Wildman–Crippen MR) is 39.3 cm³/mol. The van der Waals surface area contributed by atoms with Crippen LogP contribution in [0.1, 0.15) is 25.3 Å². The van der Waals surface area contributed by atoms with E-state index in [-0.39, 0.29) is 0 Å². The molecule has 0 aromatic carbocycles. The molecule has 0 bridgehead atoms. The zero-order valence-corrected chi connectivity index (χ0v) is 6.55. The summed E-state index contributed by atoms with van der Waals surface area (Å²) in [6.45, 7) is 4.21. The Morgan fingerprint density at radius 1 is 1.50 bits per heavy atom. The van der Waals surface area contributed by atoms with Gasteiger partial charge in [-0.3, -0.25) is 0 Å². The van der Waals surface area contributed by atoms with E-state index in [2.05, 4.69) is 13.8 Å². The molecule has 2 heteroatoms. The molecule has 0 atom stereocenters. The van der Waals surface area contributed by atoms with Crippen molar-refractivity contribution in [1.82, 2.24) is 0 Å². The van der Waals surface area contributed by atoms with Crippen molar-refractivity contribution in [2.45, 2.75) is 19.8 Å². The van der Waals surface area contributed by atoms with Gasteiger partial charge in [-0.15, -0.1) is 0 Å². The average Bonchev–Trinajstić information content (AvgIpc) is 2.33. The lowest BCUT2D eigenvalue weighted by atomic mass is 10.1. The van der Waals surface area contributed by atoms with Crippen LogP contribution in [0.15, 0.2) is 16.7 Å². The van der Waals surface area contributed by atoms with Crippen molar-refractivity contribution in [3.8, 4) is 5.95 Å². The lowest BCUT2D eigenvalue weighted by molar-refractivity contribution is 0.299. The smallest absolute Gasteiger partial charge is 0.287 e. The first kappa shape index (κ1) is 7.19. The van der Waals surface area contributed by atoms with Crippen LogP contribution in [0.25, 0.3) is 0 Å². The van der Waals surface area contributed by atoms with E-state index in [0.717, 1.165) is 5.56 Å². The summed E-state index contributed by atoms with van der Waals surface area (Å²) in [4.78, 5) is 0. The van der Waals surface area contributed by atoms with Gasteiger partial charge in [0.25, 0.3) is 5.95 Å². The van der Waals surface area contributed by atoms with Gasteiger partial charge in [-0.25, -0.2) is 0 Å². The van der Waals surface area contributed by atoms with Crippen molar-refractivity contribution < 1.29 is 9.15 Å². The summed E-state index contributed by atoms with van der Waals surface area (Å²) in [5.41, 5.74) is 1.13. The minimum atomic E-state index is 0.466. The van der Waals surface area contributed by atoms with E-state index < -0.39 is 0 Å². The zero-order valence-electron chi connectivity index (χ0n) is 6.55. The fraction of sp³-hybridized carbons (Fsp3) is 0.500. The van der Waals surface area contributed by atoms with Crippen LogP contribution in [0.4, 0.5) is 0 Å². The Bertz CT molecular complexity index is 201. The summed E-state index contributed by atoms with van der Waals surface area (Å²) in [5, 5.41) is 0. The number of ether oxygens (including phenoxy) is 1. The second-order valence-electron chi connectivity index (χ2n) is 2.52. The van der Waals surface area contributed by atoms with Crippen molar-refractivity contribution in [3.63, 3.8) is 0 Å². The Hall–Kier alpha value is -0.920. The van der Waals surface area contributed by atoms with Crippen LogP contribution < -0.4 is 4.74 Å². The third kappa shape index (κ3) is 1.15. The van der Waals surface area contributed by atoms with Gasteiger partial charge in [0.15, 0.2) is 0 Å². The molecule has 0 fully saturated rings. The maximum absolute atomic E-state index is 5.05. The Kier molecular flexibility index (Phi) is 2.00. The molecule has 10 heavy (non-hydrogen) atoms. The van der Waals surface area contributed by atoms with Crippen molar-refractivity contribution in [3.05, 3.63) is 17.9 Å². The van der Waals surface area contributed by atoms with Crippen LogP contribution in [0.3, 0.4) is 0 Å². The lowest BCUT2D eigenvalue weighted by Crippen LogP contribution is -1.88. The van der Waals surface area contributed by atoms with Crippen LogP contribution in [0, 0.1) is 0 Å². The molecular weight excluding hydrogens is 128 g/mol. The monoisotopic (exact) mass is 140 g/mol. The largest absolute Gasteiger partial charge is 0.468 e. The third-order valence-electron chi connectivity index (χ3n) is 1.47. The van der Waals surface area contributed by atoms with Crippen LogP contribution >= 0.6 is 0 Å². The first-order chi connectivity index (χ1) is 4.75. The minimum Gasteiger partial charge on any atom is -0.468 e. The molecule has 56 valence electrons.